The molecule has 0 amide bonds. The summed E-state index contributed by atoms with van der Waals surface area (Å²) < 4.78 is 26.0. The zero-order valence-electron chi connectivity index (χ0n) is 16.0. The molecule has 0 spiro atoms. The number of aliphatic imine (C=N–C) groups is 1. The summed E-state index contributed by atoms with van der Waals surface area (Å²) in [5.74, 6) is 1.04. The lowest BCUT2D eigenvalue weighted by atomic mass is 10.0. The Kier molecular flexibility index (Phi) is 8.38. The maximum Gasteiger partial charge on any atom is 0.242 e. The van der Waals surface area contributed by atoms with E-state index in [1.807, 2.05) is 0 Å². The van der Waals surface area contributed by atoms with Gasteiger partial charge < -0.3 is 11.1 Å². The van der Waals surface area contributed by atoms with Gasteiger partial charge in [0, 0.05) is 20.1 Å². The van der Waals surface area contributed by atoms with Gasteiger partial charge in [0.1, 0.15) is 0 Å². The fourth-order valence-corrected chi connectivity index (χ4v) is 3.56. The van der Waals surface area contributed by atoms with Gasteiger partial charge in [0.2, 0.25) is 10.0 Å². The van der Waals surface area contributed by atoms with E-state index in [1.165, 1.54) is 24.8 Å². The molecule has 142 valence electrons. The topological polar surface area (TPSA) is 87.8 Å². The molecular formula is C18H32N4O2S. The molecule has 0 radical (unpaired) electrons. The van der Waals surface area contributed by atoms with Gasteiger partial charge in [0.15, 0.2) is 5.96 Å². The van der Waals surface area contributed by atoms with Crippen LogP contribution >= 0.6 is 0 Å². The molecule has 0 saturated carbocycles. The van der Waals surface area contributed by atoms with Crippen LogP contribution in [-0.2, 0) is 16.6 Å². The van der Waals surface area contributed by atoms with Crippen LogP contribution in [0.15, 0.2) is 34.2 Å². The summed E-state index contributed by atoms with van der Waals surface area (Å²) >= 11 is 0. The summed E-state index contributed by atoms with van der Waals surface area (Å²) in [6.07, 6.45) is 3.36. The van der Waals surface area contributed by atoms with Crippen molar-refractivity contribution in [2.75, 3.05) is 14.1 Å². The summed E-state index contributed by atoms with van der Waals surface area (Å²) in [7, 11) is -0.460. The third-order valence-corrected chi connectivity index (χ3v) is 5.88. The first-order valence-electron chi connectivity index (χ1n) is 8.71. The minimum absolute atomic E-state index is 0.223. The Morgan fingerprint density at radius 3 is 2.44 bits per heavy atom. The Balaban J connectivity index is 2.72. The van der Waals surface area contributed by atoms with Crippen molar-refractivity contribution in [3.05, 3.63) is 29.8 Å². The zero-order valence-corrected chi connectivity index (χ0v) is 16.8. The molecule has 0 fully saturated rings. The molecule has 6 nitrogen and oxygen atoms in total. The van der Waals surface area contributed by atoms with Crippen LogP contribution in [0.5, 0.6) is 0 Å². The van der Waals surface area contributed by atoms with Gasteiger partial charge >= 0.3 is 0 Å². The quantitative estimate of drug-likeness (QED) is 0.518. The van der Waals surface area contributed by atoms with E-state index in [1.54, 1.807) is 24.3 Å². The maximum absolute atomic E-state index is 12.4. The smallest absolute Gasteiger partial charge is 0.242 e. The van der Waals surface area contributed by atoms with E-state index in [0.29, 0.717) is 17.4 Å². The largest absolute Gasteiger partial charge is 0.370 e. The molecule has 0 heterocycles. The highest BCUT2D eigenvalue weighted by atomic mass is 32.2. The number of hydrogen-bond donors (Lipinski definition) is 2. The van der Waals surface area contributed by atoms with Crippen LogP contribution in [0.4, 0.5) is 0 Å². The van der Waals surface area contributed by atoms with Gasteiger partial charge in [-0.3, -0.25) is 0 Å². The highest BCUT2D eigenvalue weighted by molar-refractivity contribution is 7.89. The molecule has 1 aromatic rings. The Hall–Kier alpha value is -1.60. The number of sulfonamides is 1. The molecule has 0 aromatic heterocycles. The minimum atomic E-state index is -3.50. The molecule has 0 aliphatic heterocycles. The van der Waals surface area contributed by atoms with E-state index in [0.717, 1.165) is 12.8 Å². The summed E-state index contributed by atoms with van der Waals surface area (Å²) in [6, 6.07) is 7.11. The molecule has 1 aromatic carbocycles. The van der Waals surface area contributed by atoms with E-state index in [4.69, 9.17) is 5.73 Å². The van der Waals surface area contributed by atoms with E-state index in [2.05, 4.69) is 31.1 Å². The summed E-state index contributed by atoms with van der Waals surface area (Å²) in [6.45, 7) is 6.73. The van der Waals surface area contributed by atoms with Gasteiger partial charge in [-0.2, -0.15) is 0 Å². The SMILES string of the molecule is CC(C)CCCC(C)NC(N)=NCc1ccccc1S(=O)(=O)N(C)C. The molecule has 0 bridgehead atoms. The molecule has 0 aliphatic carbocycles. The monoisotopic (exact) mass is 368 g/mol. The number of benzene rings is 1. The van der Waals surface area contributed by atoms with E-state index < -0.39 is 10.0 Å². The second-order valence-electron chi connectivity index (χ2n) is 6.97. The normalized spacial score (nSPS) is 14.1. The van der Waals surface area contributed by atoms with Crippen LogP contribution < -0.4 is 11.1 Å². The predicted molar refractivity (Wildman–Crippen MR) is 104 cm³/mol. The maximum atomic E-state index is 12.4. The van der Waals surface area contributed by atoms with Crippen molar-refractivity contribution in [2.45, 2.75) is 57.5 Å². The molecule has 1 rings (SSSR count). The summed E-state index contributed by atoms with van der Waals surface area (Å²) in [4.78, 5) is 4.58. The standard InChI is InChI=1S/C18H32N4O2S/c1-14(2)9-8-10-15(3)21-18(19)20-13-16-11-6-7-12-17(16)25(23,24)22(4)5/h6-7,11-12,14-15H,8-10,13H2,1-5H3,(H3,19,20,21). The molecule has 1 unspecified atom stereocenters. The molecule has 3 N–H and O–H groups in total. The number of nitrogens with two attached hydrogens (primary N) is 1. The van der Waals surface area contributed by atoms with Gasteiger partial charge in [-0.25, -0.2) is 17.7 Å². The van der Waals surface area contributed by atoms with Crippen LogP contribution in [0.3, 0.4) is 0 Å². The van der Waals surface area contributed by atoms with Crippen LogP contribution in [0, 0.1) is 5.92 Å². The van der Waals surface area contributed by atoms with Crippen molar-refractivity contribution in [3.63, 3.8) is 0 Å². The van der Waals surface area contributed by atoms with E-state index >= 15 is 0 Å². The molecular weight excluding hydrogens is 336 g/mol. The first kappa shape index (κ1) is 21.4. The molecule has 7 heteroatoms. The first-order chi connectivity index (χ1) is 11.6. The molecule has 0 aliphatic rings. The van der Waals surface area contributed by atoms with Gasteiger partial charge in [-0.1, -0.05) is 44.9 Å². The van der Waals surface area contributed by atoms with Gasteiger partial charge in [-0.15, -0.1) is 0 Å². The number of hydrogen-bond acceptors (Lipinski definition) is 3. The third kappa shape index (κ3) is 7.04. The second kappa shape index (κ2) is 9.77. The van der Waals surface area contributed by atoms with E-state index in [9.17, 15) is 8.42 Å². The Morgan fingerprint density at radius 1 is 1.20 bits per heavy atom. The van der Waals surface area contributed by atoms with Gasteiger partial charge in [-0.05, 0) is 30.9 Å². The first-order valence-corrected chi connectivity index (χ1v) is 10.2. The van der Waals surface area contributed by atoms with Gasteiger partial charge in [0.05, 0.1) is 11.4 Å². The number of nitrogens with zero attached hydrogens (tertiary/aromatic N) is 2. The van der Waals surface area contributed by atoms with Crippen molar-refractivity contribution in [2.24, 2.45) is 16.6 Å². The van der Waals surface area contributed by atoms with Gasteiger partial charge in [0.25, 0.3) is 0 Å². The Labute approximate surface area is 152 Å². The lowest BCUT2D eigenvalue weighted by Gasteiger charge is -2.16. The average Bonchev–Trinajstić information content (AvgIpc) is 2.52. The lowest BCUT2D eigenvalue weighted by Crippen LogP contribution is -2.38. The Morgan fingerprint density at radius 2 is 1.84 bits per heavy atom. The summed E-state index contributed by atoms with van der Waals surface area (Å²) in [5, 5.41) is 3.17. The number of rotatable bonds is 9. The fourth-order valence-electron chi connectivity index (χ4n) is 2.46. The third-order valence-electron chi connectivity index (χ3n) is 3.96. The molecule has 0 saturated heterocycles. The Bertz CT molecular complexity index is 669. The number of guanidine groups is 1. The highest BCUT2D eigenvalue weighted by Gasteiger charge is 2.20. The van der Waals surface area contributed by atoms with Crippen LogP contribution in [0.2, 0.25) is 0 Å². The van der Waals surface area contributed by atoms with E-state index in [-0.39, 0.29) is 17.5 Å². The van der Waals surface area contributed by atoms with Crippen LogP contribution in [-0.4, -0.2) is 38.8 Å². The highest BCUT2D eigenvalue weighted by Crippen LogP contribution is 2.19. The molecule has 25 heavy (non-hydrogen) atoms. The lowest BCUT2D eigenvalue weighted by molar-refractivity contribution is 0.493. The minimum Gasteiger partial charge on any atom is -0.370 e. The van der Waals surface area contributed by atoms with Crippen LogP contribution in [0.25, 0.3) is 0 Å². The predicted octanol–water partition coefficient (Wildman–Crippen LogP) is 2.56. The molecule has 1 atom stereocenters. The van der Waals surface area contributed by atoms with Crippen LogP contribution in [0.1, 0.15) is 45.6 Å². The fraction of sp³-hybridized carbons (Fsp3) is 0.611. The second-order valence-corrected chi connectivity index (χ2v) is 9.09. The van der Waals surface area contributed by atoms with Crippen molar-refractivity contribution in [1.29, 1.82) is 0 Å². The zero-order chi connectivity index (χ0) is 19.0. The average molecular weight is 369 g/mol. The number of nitrogens with one attached hydrogen (secondary N) is 1. The van der Waals surface area contributed by atoms with Crippen molar-refractivity contribution < 1.29 is 8.42 Å². The summed E-state index contributed by atoms with van der Waals surface area (Å²) in [5.41, 5.74) is 6.58. The van der Waals surface area contributed by atoms with Crippen molar-refractivity contribution >= 4 is 16.0 Å². The van der Waals surface area contributed by atoms with Crippen molar-refractivity contribution in [1.82, 2.24) is 9.62 Å². The van der Waals surface area contributed by atoms with Crippen molar-refractivity contribution in [3.8, 4) is 0 Å².